The molecule has 0 fully saturated rings. The second kappa shape index (κ2) is 5.60. The smallest absolute Gasteiger partial charge is 0.305 e. The van der Waals surface area contributed by atoms with E-state index in [4.69, 9.17) is 5.11 Å². The molecule has 0 bridgehead atoms. The third kappa shape index (κ3) is 2.81. The van der Waals surface area contributed by atoms with Crippen molar-refractivity contribution in [1.29, 1.82) is 0 Å². The number of phenolic OH excluding ortho intramolecular Hbond substituents is 1. The topological polar surface area (TPSA) is 115 Å². The number of aliphatic hydroxyl groups excluding tert-OH is 2. The number of hydrogen-bond acceptors (Lipinski definition) is 5. The van der Waals surface area contributed by atoms with E-state index in [1.807, 2.05) is 0 Å². The van der Waals surface area contributed by atoms with Crippen LogP contribution in [0.1, 0.15) is 41.3 Å². The number of carbonyl (C=O) groups excluding carboxylic acids is 1. The number of aliphatic hydroxyl groups is 2. The summed E-state index contributed by atoms with van der Waals surface area (Å²) >= 11 is 0. The maximum atomic E-state index is 12.0. The summed E-state index contributed by atoms with van der Waals surface area (Å²) in [5.41, 5.74) is 0.442. The zero-order chi connectivity index (χ0) is 14.9. The van der Waals surface area contributed by atoms with Gasteiger partial charge in [-0.25, -0.2) is 0 Å². The molecule has 4 N–H and O–H groups in total. The first-order valence-electron chi connectivity index (χ1n) is 6.33. The van der Waals surface area contributed by atoms with E-state index in [1.165, 1.54) is 12.1 Å². The van der Waals surface area contributed by atoms with Crippen molar-refractivity contribution >= 4 is 11.8 Å². The van der Waals surface area contributed by atoms with Gasteiger partial charge in [0.25, 0.3) is 0 Å². The highest BCUT2D eigenvalue weighted by molar-refractivity contribution is 6.01. The van der Waals surface area contributed by atoms with Gasteiger partial charge in [0.15, 0.2) is 5.78 Å². The number of hydrogen-bond donors (Lipinski definition) is 4. The van der Waals surface area contributed by atoms with E-state index in [1.54, 1.807) is 6.07 Å². The number of Topliss-reactive ketones (excluding diaryl/α,β-unsaturated/α-hetero) is 1. The molecule has 1 aromatic carbocycles. The normalized spacial score (nSPS) is 23.2. The number of ketones is 1. The Balaban J connectivity index is 2.20. The molecule has 6 nitrogen and oxygen atoms in total. The minimum absolute atomic E-state index is 0.0221. The number of phenols is 1. The van der Waals surface area contributed by atoms with Crippen LogP contribution < -0.4 is 0 Å². The second-order valence-electron chi connectivity index (χ2n) is 5.06. The van der Waals surface area contributed by atoms with E-state index in [2.05, 4.69) is 0 Å². The minimum atomic E-state index is -1.13. The summed E-state index contributed by atoms with van der Waals surface area (Å²) in [6.07, 6.45) is -2.54. The molecule has 0 unspecified atom stereocenters. The lowest BCUT2D eigenvalue weighted by Crippen LogP contribution is -2.29. The van der Waals surface area contributed by atoms with Crippen LogP contribution in [-0.2, 0) is 4.79 Å². The predicted molar refractivity (Wildman–Crippen MR) is 68.4 cm³/mol. The van der Waals surface area contributed by atoms with Crippen molar-refractivity contribution in [3.63, 3.8) is 0 Å². The highest BCUT2D eigenvalue weighted by Crippen LogP contribution is 2.40. The molecule has 1 aromatic rings. The molecule has 6 heteroatoms. The number of fused-ring (bicyclic) bond motifs is 1. The average Bonchev–Trinajstić information content (AvgIpc) is 2.34. The van der Waals surface area contributed by atoms with Crippen molar-refractivity contribution < 1.29 is 30.0 Å². The number of benzene rings is 1. The monoisotopic (exact) mass is 280 g/mol. The predicted octanol–water partition coefficient (Wildman–Crippen LogP) is 0.854. The van der Waals surface area contributed by atoms with E-state index in [9.17, 15) is 24.9 Å². The number of carbonyl (C=O) groups is 2. The van der Waals surface area contributed by atoms with Crippen molar-refractivity contribution in [2.75, 3.05) is 0 Å². The first-order chi connectivity index (χ1) is 9.40. The van der Waals surface area contributed by atoms with Gasteiger partial charge in [0, 0.05) is 6.42 Å². The number of carboxylic acid groups (broad SMARTS) is 1. The molecule has 20 heavy (non-hydrogen) atoms. The maximum absolute atomic E-state index is 12.0. The van der Waals surface area contributed by atoms with E-state index in [0.717, 1.165) is 0 Å². The molecule has 0 aromatic heterocycles. The fourth-order valence-electron chi connectivity index (χ4n) is 2.66. The Morgan fingerprint density at radius 3 is 2.75 bits per heavy atom. The molecule has 0 saturated heterocycles. The quantitative estimate of drug-likeness (QED) is 0.650. The van der Waals surface area contributed by atoms with Crippen molar-refractivity contribution in [3.05, 3.63) is 29.3 Å². The van der Waals surface area contributed by atoms with Crippen LogP contribution in [0.2, 0.25) is 0 Å². The van der Waals surface area contributed by atoms with E-state index < -0.39 is 30.5 Å². The van der Waals surface area contributed by atoms with Gasteiger partial charge in [-0.2, -0.15) is 0 Å². The van der Waals surface area contributed by atoms with Crippen LogP contribution in [-0.4, -0.2) is 38.3 Å². The molecule has 3 atom stereocenters. The molecule has 0 radical (unpaired) electrons. The van der Waals surface area contributed by atoms with Gasteiger partial charge in [-0.3, -0.25) is 9.59 Å². The zero-order valence-corrected chi connectivity index (χ0v) is 10.7. The third-order valence-electron chi connectivity index (χ3n) is 3.55. The Morgan fingerprint density at radius 1 is 1.40 bits per heavy atom. The fraction of sp³-hybridized carbons (Fsp3) is 0.429. The number of carboxylic acids is 1. The molecule has 2 rings (SSSR count). The van der Waals surface area contributed by atoms with Gasteiger partial charge in [0.1, 0.15) is 5.75 Å². The van der Waals surface area contributed by atoms with E-state index >= 15 is 0 Å². The minimum Gasteiger partial charge on any atom is -0.507 e. The van der Waals surface area contributed by atoms with Gasteiger partial charge in [0.05, 0.1) is 24.2 Å². The van der Waals surface area contributed by atoms with Crippen LogP contribution in [0, 0.1) is 5.92 Å². The lowest BCUT2D eigenvalue weighted by atomic mass is 9.77. The molecule has 108 valence electrons. The largest absolute Gasteiger partial charge is 0.507 e. The summed E-state index contributed by atoms with van der Waals surface area (Å²) in [5.74, 6) is -2.16. The fourth-order valence-corrected chi connectivity index (χ4v) is 2.66. The van der Waals surface area contributed by atoms with Crippen molar-refractivity contribution in [2.45, 2.75) is 31.5 Å². The number of aliphatic carboxylic acids is 1. The Bertz CT molecular complexity index is 538. The Hall–Kier alpha value is -1.92. The number of aromatic hydroxyl groups is 1. The van der Waals surface area contributed by atoms with Gasteiger partial charge in [0.2, 0.25) is 0 Å². The summed E-state index contributed by atoms with van der Waals surface area (Å²) in [7, 11) is 0. The van der Waals surface area contributed by atoms with Crippen LogP contribution in [0.15, 0.2) is 18.2 Å². The van der Waals surface area contributed by atoms with Gasteiger partial charge in [-0.15, -0.1) is 0 Å². The lowest BCUT2D eigenvalue weighted by Gasteiger charge is -2.30. The van der Waals surface area contributed by atoms with Crippen molar-refractivity contribution in [2.24, 2.45) is 5.92 Å². The summed E-state index contributed by atoms with van der Waals surface area (Å²) in [5, 5.41) is 38.1. The van der Waals surface area contributed by atoms with E-state index in [0.29, 0.717) is 5.56 Å². The van der Waals surface area contributed by atoms with Gasteiger partial charge < -0.3 is 20.4 Å². The SMILES string of the molecule is O=C(O)C[C@@H](O)C[C@@H]1CC(=O)c2c(O)cccc2[C@@H]1O. The molecular weight excluding hydrogens is 264 g/mol. The van der Waals surface area contributed by atoms with Crippen molar-refractivity contribution in [1.82, 2.24) is 0 Å². The Kier molecular flexibility index (Phi) is 4.06. The van der Waals surface area contributed by atoms with Gasteiger partial charge in [-0.1, -0.05) is 12.1 Å². The van der Waals surface area contributed by atoms with E-state index in [-0.39, 0.29) is 29.9 Å². The van der Waals surface area contributed by atoms with Crippen LogP contribution in [0.25, 0.3) is 0 Å². The molecule has 0 aliphatic heterocycles. The Labute approximate surface area is 115 Å². The first-order valence-corrected chi connectivity index (χ1v) is 6.33. The highest BCUT2D eigenvalue weighted by Gasteiger charge is 2.35. The zero-order valence-electron chi connectivity index (χ0n) is 10.7. The van der Waals surface area contributed by atoms with Crippen LogP contribution in [0.5, 0.6) is 5.75 Å². The Morgan fingerprint density at radius 2 is 2.10 bits per heavy atom. The van der Waals surface area contributed by atoms with Crippen LogP contribution >= 0.6 is 0 Å². The van der Waals surface area contributed by atoms with Crippen LogP contribution in [0.3, 0.4) is 0 Å². The molecule has 0 heterocycles. The third-order valence-corrected chi connectivity index (χ3v) is 3.55. The molecule has 0 saturated carbocycles. The summed E-state index contributed by atoms with van der Waals surface area (Å²) in [6.45, 7) is 0. The summed E-state index contributed by atoms with van der Waals surface area (Å²) in [6, 6.07) is 4.46. The average molecular weight is 280 g/mol. The first kappa shape index (κ1) is 14.5. The lowest BCUT2D eigenvalue weighted by molar-refractivity contribution is -0.139. The standard InChI is InChI=1S/C14H16O6/c15-8(6-12(18)19)4-7-5-11(17)13-9(14(7)20)2-1-3-10(13)16/h1-3,7-8,14-16,20H,4-6H2,(H,18,19)/t7-,8+,14-/m1/s1. The van der Waals surface area contributed by atoms with Crippen molar-refractivity contribution in [3.8, 4) is 5.75 Å². The molecule has 1 aliphatic carbocycles. The van der Waals surface area contributed by atoms with Crippen LogP contribution in [0.4, 0.5) is 0 Å². The van der Waals surface area contributed by atoms with Gasteiger partial charge >= 0.3 is 5.97 Å². The molecule has 0 amide bonds. The maximum Gasteiger partial charge on any atom is 0.305 e. The highest BCUT2D eigenvalue weighted by atomic mass is 16.4. The summed E-state index contributed by atoms with van der Waals surface area (Å²) < 4.78 is 0. The number of rotatable bonds is 4. The molecule has 1 aliphatic rings. The summed E-state index contributed by atoms with van der Waals surface area (Å²) in [4.78, 5) is 22.5. The second-order valence-corrected chi connectivity index (χ2v) is 5.06. The molecule has 0 spiro atoms. The van der Waals surface area contributed by atoms with Gasteiger partial charge in [-0.05, 0) is 24.0 Å². The molecular formula is C14H16O6.